The Labute approximate surface area is 101 Å². The number of hydrogen-bond donors (Lipinski definition) is 0. The van der Waals surface area contributed by atoms with E-state index in [9.17, 15) is 4.79 Å². The first-order valence-electron chi connectivity index (χ1n) is 5.63. The summed E-state index contributed by atoms with van der Waals surface area (Å²) in [6.07, 6.45) is 0. The minimum atomic E-state index is -0.0169. The molecule has 17 heavy (non-hydrogen) atoms. The molecule has 0 aliphatic heterocycles. The highest BCUT2D eigenvalue weighted by Crippen LogP contribution is 2.13. The van der Waals surface area contributed by atoms with E-state index in [1.807, 2.05) is 51.1 Å². The van der Waals surface area contributed by atoms with Gasteiger partial charge in [-0.1, -0.05) is 18.2 Å². The summed E-state index contributed by atoms with van der Waals surface area (Å²) in [7, 11) is 0. The number of benzene rings is 1. The third-order valence-electron chi connectivity index (χ3n) is 2.89. The molecule has 0 atom stereocenters. The van der Waals surface area contributed by atoms with E-state index < -0.39 is 0 Å². The SMILES string of the molecule is Cc1cccc(C(=O)c2ccc(C)c(C)c2)n1. The summed E-state index contributed by atoms with van der Waals surface area (Å²) in [6.45, 7) is 5.93. The average molecular weight is 225 g/mol. The maximum absolute atomic E-state index is 12.2. The first-order valence-corrected chi connectivity index (χ1v) is 5.63. The zero-order valence-corrected chi connectivity index (χ0v) is 10.3. The number of pyridine rings is 1. The maximum atomic E-state index is 12.2. The topological polar surface area (TPSA) is 30.0 Å². The quantitative estimate of drug-likeness (QED) is 0.734. The Balaban J connectivity index is 2.40. The fourth-order valence-electron chi connectivity index (χ4n) is 1.70. The molecule has 86 valence electrons. The number of carbonyl (C=O) groups is 1. The van der Waals surface area contributed by atoms with E-state index in [-0.39, 0.29) is 5.78 Å². The molecule has 0 fully saturated rings. The van der Waals surface area contributed by atoms with Crippen molar-refractivity contribution in [2.45, 2.75) is 20.8 Å². The molecule has 2 nitrogen and oxygen atoms in total. The predicted octanol–water partition coefficient (Wildman–Crippen LogP) is 3.24. The molecule has 0 aliphatic carbocycles. The summed E-state index contributed by atoms with van der Waals surface area (Å²) >= 11 is 0. The number of ketones is 1. The van der Waals surface area contributed by atoms with E-state index in [4.69, 9.17) is 0 Å². The van der Waals surface area contributed by atoms with Gasteiger partial charge in [0.25, 0.3) is 0 Å². The molecule has 0 bridgehead atoms. The van der Waals surface area contributed by atoms with Gasteiger partial charge in [-0.2, -0.15) is 0 Å². The van der Waals surface area contributed by atoms with Crippen molar-refractivity contribution in [3.63, 3.8) is 0 Å². The van der Waals surface area contributed by atoms with Gasteiger partial charge in [0.2, 0.25) is 5.78 Å². The fraction of sp³-hybridized carbons (Fsp3) is 0.200. The molecule has 1 aromatic heterocycles. The Morgan fingerprint density at radius 1 is 1.00 bits per heavy atom. The normalized spacial score (nSPS) is 10.3. The second-order valence-corrected chi connectivity index (χ2v) is 4.29. The summed E-state index contributed by atoms with van der Waals surface area (Å²) in [5, 5.41) is 0. The van der Waals surface area contributed by atoms with Crippen LogP contribution in [0.2, 0.25) is 0 Å². The van der Waals surface area contributed by atoms with E-state index in [0.29, 0.717) is 11.3 Å². The van der Waals surface area contributed by atoms with Crippen LogP contribution in [0.1, 0.15) is 32.9 Å². The molecule has 0 unspecified atom stereocenters. The number of carbonyl (C=O) groups excluding carboxylic acids is 1. The Bertz CT molecular complexity index is 573. The van der Waals surface area contributed by atoms with Crippen LogP contribution in [0.25, 0.3) is 0 Å². The first kappa shape index (κ1) is 11.5. The molecule has 0 amide bonds. The lowest BCUT2D eigenvalue weighted by Gasteiger charge is -2.04. The Kier molecular flexibility index (Phi) is 3.05. The van der Waals surface area contributed by atoms with Gasteiger partial charge in [-0.25, -0.2) is 4.98 Å². The van der Waals surface area contributed by atoms with Crippen LogP contribution in [0.3, 0.4) is 0 Å². The van der Waals surface area contributed by atoms with Gasteiger partial charge in [-0.3, -0.25) is 4.79 Å². The minimum Gasteiger partial charge on any atom is -0.287 e. The molecule has 0 N–H and O–H groups in total. The summed E-state index contributed by atoms with van der Waals surface area (Å²) < 4.78 is 0. The number of aryl methyl sites for hydroxylation is 3. The standard InChI is InChI=1S/C15H15NO/c1-10-7-8-13(9-11(10)2)15(17)14-6-4-5-12(3)16-14/h4-9H,1-3H3. The van der Waals surface area contributed by atoms with E-state index in [1.54, 1.807) is 6.07 Å². The first-order chi connectivity index (χ1) is 8.08. The van der Waals surface area contributed by atoms with Gasteiger partial charge in [-0.15, -0.1) is 0 Å². The van der Waals surface area contributed by atoms with Gasteiger partial charge in [0.05, 0.1) is 0 Å². The van der Waals surface area contributed by atoms with Crippen LogP contribution in [0.4, 0.5) is 0 Å². The van der Waals surface area contributed by atoms with Gasteiger partial charge in [0.15, 0.2) is 0 Å². The molecule has 2 rings (SSSR count). The highest BCUT2D eigenvalue weighted by Gasteiger charge is 2.10. The number of nitrogens with zero attached hydrogens (tertiary/aromatic N) is 1. The smallest absolute Gasteiger partial charge is 0.211 e. The number of aromatic nitrogens is 1. The molecule has 2 aromatic rings. The van der Waals surface area contributed by atoms with Crippen molar-refractivity contribution in [1.82, 2.24) is 4.98 Å². The number of rotatable bonds is 2. The maximum Gasteiger partial charge on any atom is 0.211 e. The van der Waals surface area contributed by atoms with E-state index in [2.05, 4.69) is 4.98 Å². The fourth-order valence-corrected chi connectivity index (χ4v) is 1.70. The van der Waals surface area contributed by atoms with Crippen LogP contribution in [-0.4, -0.2) is 10.8 Å². The molecule has 0 saturated carbocycles. The lowest BCUT2D eigenvalue weighted by Crippen LogP contribution is -2.05. The Morgan fingerprint density at radius 2 is 1.76 bits per heavy atom. The molecular weight excluding hydrogens is 210 g/mol. The van der Waals surface area contributed by atoms with Crippen molar-refractivity contribution in [2.24, 2.45) is 0 Å². The van der Waals surface area contributed by atoms with Crippen molar-refractivity contribution < 1.29 is 4.79 Å². The van der Waals surface area contributed by atoms with Crippen LogP contribution in [0.15, 0.2) is 36.4 Å². The monoisotopic (exact) mass is 225 g/mol. The van der Waals surface area contributed by atoms with Crippen molar-refractivity contribution in [1.29, 1.82) is 0 Å². The van der Waals surface area contributed by atoms with Crippen molar-refractivity contribution in [3.05, 3.63) is 64.5 Å². The van der Waals surface area contributed by atoms with Gasteiger partial charge in [0, 0.05) is 11.3 Å². The molecular formula is C15H15NO. The lowest BCUT2D eigenvalue weighted by atomic mass is 10.0. The highest BCUT2D eigenvalue weighted by atomic mass is 16.1. The van der Waals surface area contributed by atoms with Crippen LogP contribution in [-0.2, 0) is 0 Å². The van der Waals surface area contributed by atoms with Crippen molar-refractivity contribution >= 4 is 5.78 Å². The second-order valence-electron chi connectivity index (χ2n) is 4.29. The lowest BCUT2D eigenvalue weighted by molar-refractivity contribution is 0.103. The summed E-state index contributed by atoms with van der Waals surface area (Å²) in [4.78, 5) is 16.5. The molecule has 0 saturated heterocycles. The van der Waals surface area contributed by atoms with Gasteiger partial charge < -0.3 is 0 Å². The Morgan fingerprint density at radius 3 is 2.41 bits per heavy atom. The zero-order valence-electron chi connectivity index (χ0n) is 10.3. The van der Waals surface area contributed by atoms with Crippen LogP contribution < -0.4 is 0 Å². The third-order valence-corrected chi connectivity index (χ3v) is 2.89. The molecule has 1 heterocycles. The van der Waals surface area contributed by atoms with Crippen molar-refractivity contribution in [2.75, 3.05) is 0 Å². The van der Waals surface area contributed by atoms with E-state index in [1.165, 1.54) is 5.56 Å². The average Bonchev–Trinajstić information content (AvgIpc) is 2.32. The molecule has 2 heteroatoms. The van der Waals surface area contributed by atoms with Crippen molar-refractivity contribution in [3.8, 4) is 0 Å². The van der Waals surface area contributed by atoms with E-state index in [0.717, 1.165) is 11.3 Å². The molecule has 0 spiro atoms. The van der Waals surface area contributed by atoms with Gasteiger partial charge in [0.1, 0.15) is 5.69 Å². The number of hydrogen-bond acceptors (Lipinski definition) is 2. The predicted molar refractivity (Wildman–Crippen MR) is 68.3 cm³/mol. The summed E-state index contributed by atoms with van der Waals surface area (Å²) in [6, 6.07) is 11.2. The summed E-state index contributed by atoms with van der Waals surface area (Å²) in [5.41, 5.74) is 4.39. The third kappa shape index (κ3) is 2.41. The van der Waals surface area contributed by atoms with Gasteiger partial charge in [-0.05, 0) is 50.1 Å². The minimum absolute atomic E-state index is 0.0169. The van der Waals surface area contributed by atoms with E-state index >= 15 is 0 Å². The zero-order chi connectivity index (χ0) is 12.4. The molecule has 1 aromatic carbocycles. The second kappa shape index (κ2) is 4.50. The largest absolute Gasteiger partial charge is 0.287 e. The van der Waals surface area contributed by atoms with Crippen LogP contribution in [0.5, 0.6) is 0 Å². The highest BCUT2D eigenvalue weighted by molar-refractivity contribution is 6.07. The summed E-state index contributed by atoms with van der Waals surface area (Å²) in [5.74, 6) is -0.0169. The molecule has 0 radical (unpaired) electrons. The molecule has 0 aliphatic rings. The van der Waals surface area contributed by atoms with Crippen LogP contribution in [0, 0.1) is 20.8 Å². The van der Waals surface area contributed by atoms with Gasteiger partial charge >= 0.3 is 0 Å². The van der Waals surface area contributed by atoms with Crippen LogP contribution >= 0.6 is 0 Å². The Hall–Kier alpha value is -1.96.